The van der Waals surface area contributed by atoms with E-state index in [9.17, 15) is 4.79 Å². The summed E-state index contributed by atoms with van der Waals surface area (Å²) in [5.41, 5.74) is 1.28. The molecule has 1 N–H and O–H groups in total. The first kappa shape index (κ1) is 13.3. The second-order valence-electron chi connectivity index (χ2n) is 5.11. The van der Waals surface area contributed by atoms with Crippen molar-refractivity contribution in [1.29, 1.82) is 0 Å². The van der Waals surface area contributed by atoms with Gasteiger partial charge in [0.25, 0.3) is 0 Å². The second kappa shape index (κ2) is 5.77. The third kappa shape index (κ3) is 2.62. The smallest absolute Gasteiger partial charge is 0.241 e. The number of amides is 1. The Hall–Kier alpha value is -1.65. The summed E-state index contributed by atoms with van der Waals surface area (Å²) in [6, 6.07) is 14.3. The number of carbonyl (C=O) groups excluding carboxylic acids is 1. The number of thiophene rings is 1. The molecule has 0 bridgehead atoms. The van der Waals surface area contributed by atoms with Gasteiger partial charge in [-0.25, -0.2) is 0 Å². The van der Waals surface area contributed by atoms with Gasteiger partial charge in [0, 0.05) is 11.9 Å². The summed E-state index contributed by atoms with van der Waals surface area (Å²) in [7, 11) is 1.88. The van der Waals surface area contributed by atoms with Crippen molar-refractivity contribution in [2.24, 2.45) is 0 Å². The van der Waals surface area contributed by atoms with Crippen molar-refractivity contribution in [3.8, 4) is 0 Å². The van der Waals surface area contributed by atoms with E-state index in [-0.39, 0.29) is 18.1 Å². The van der Waals surface area contributed by atoms with Gasteiger partial charge in [-0.15, -0.1) is 11.3 Å². The van der Waals surface area contributed by atoms with E-state index in [1.807, 2.05) is 41.6 Å². The van der Waals surface area contributed by atoms with Crippen LogP contribution in [0.3, 0.4) is 0 Å². The van der Waals surface area contributed by atoms with E-state index in [4.69, 9.17) is 0 Å². The van der Waals surface area contributed by atoms with Gasteiger partial charge in [-0.1, -0.05) is 36.4 Å². The van der Waals surface area contributed by atoms with Gasteiger partial charge in [-0.2, -0.15) is 0 Å². The van der Waals surface area contributed by atoms with Gasteiger partial charge in [0.1, 0.15) is 6.17 Å². The molecule has 2 unspecified atom stereocenters. The van der Waals surface area contributed by atoms with Crippen LogP contribution in [0.2, 0.25) is 0 Å². The summed E-state index contributed by atoms with van der Waals surface area (Å²) in [6.07, 6.45) is 1.80. The van der Waals surface area contributed by atoms with E-state index in [2.05, 4.69) is 23.5 Å². The van der Waals surface area contributed by atoms with Crippen LogP contribution in [0.5, 0.6) is 0 Å². The lowest BCUT2D eigenvalue weighted by Gasteiger charge is -2.17. The molecule has 1 aromatic heterocycles. The first-order chi connectivity index (χ1) is 9.75. The van der Waals surface area contributed by atoms with E-state index in [0.717, 1.165) is 12.8 Å². The molecule has 0 radical (unpaired) electrons. The molecule has 20 heavy (non-hydrogen) atoms. The molecule has 2 atom stereocenters. The maximum absolute atomic E-state index is 12.3. The van der Waals surface area contributed by atoms with Crippen LogP contribution in [0, 0.1) is 0 Å². The largest absolute Gasteiger partial charge is 0.324 e. The molecule has 4 heteroatoms. The summed E-state index contributed by atoms with van der Waals surface area (Å²) >= 11 is 1.69. The average Bonchev–Trinajstić information content (AvgIpc) is 3.09. The normalized spacial score (nSPS) is 22.4. The molecular weight excluding hydrogens is 268 g/mol. The zero-order chi connectivity index (χ0) is 13.9. The first-order valence-electron chi connectivity index (χ1n) is 6.86. The summed E-state index contributed by atoms with van der Waals surface area (Å²) in [4.78, 5) is 15.3. The lowest BCUT2D eigenvalue weighted by molar-refractivity contribution is -0.128. The Bertz CT molecular complexity index is 567. The monoisotopic (exact) mass is 286 g/mol. The number of benzene rings is 1. The maximum atomic E-state index is 12.3. The SMILES string of the molecule is CN1C(=O)C(CCc2ccccc2)NC1c1cccs1. The third-order valence-electron chi connectivity index (χ3n) is 3.77. The highest BCUT2D eigenvalue weighted by atomic mass is 32.1. The number of carbonyl (C=O) groups is 1. The number of rotatable bonds is 4. The molecule has 3 nitrogen and oxygen atoms in total. The molecule has 0 saturated carbocycles. The highest BCUT2D eigenvalue weighted by Gasteiger charge is 2.37. The van der Waals surface area contributed by atoms with Crippen molar-refractivity contribution >= 4 is 17.2 Å². The molecule has 2 heterocycles. The predicted molar refractivity (Wildman–Crippen MR) is 81.5 cm³/mol. The molecule has 2 aromatic rings. The molecule has 1 aliphatic heterocycles. The van der Waals surface area contributed by atoms with Gasteiger partial charge in [0.15, 0.2) is 0 Å². The van der Waals surface area contributed by atoms with Gasteiger partial charge in [-0.3, -0.25) is 10.1 Å². The minimum atomic E-state index is -0.0766. The summed E-state index contributed by atoms with van der Waals surface area (Å²) < 4.78 is 0. The van der Waals surface area contributed by atoms with E-state index in [1.165, 1.54) is 10.4 Å². The van der Waals surface area contributed by atoms with Crippen LogP contribution < -0.4 is 5.32 Å². The number of hydrogen-bond donors (Lipinski definition) is 1. The molecule has 1 amide bonds. The van der Waals surface area contributed by atoms with Crippen LogP contribution in [0.15, 0.2) is 47.8 Å². The Morgan fingerprint density at radius 3 is 2.70 bits per heavy atom. The van der Waals surface area contributed by atoms with Crippen LogP contribution in [-0.2, 0) is 11.2 Å². The second-order valence-corrected chi connectivity index (χ2v) is 6.09. The molecule has 104 valence electrons. The molecule has 0 spiro atoms. The van der Waals surface area contributed by atoms with Crippen molar-refractivity contribution < 1.29 is 4.79 Å². The number of nitrogens with one attached hydrogen (secondary N) is 1. The molecule has 1 fully saturated rings. The van der Waals surface area contributed by atoms with Gasteiger partial charge in [0.05, 0.1) is 6.04 Å². The van der Waals surface area contributed by atoms with E-state index in [0.29, 0.717) is 0 Å². The molecule has 1 aliphatic rings. The average molecular weight is 286 g/mol. The van der Waals surface area contributed by atoms with Crippen LogP contribution >= 0.6 is 11.3 Å². The molecule has 0 aliphatic carbocycles. The van der Waals surface area contributed by atoms with Gasteiger partial charge in [-0.05, 0) is 29.9 Å². The lowest BCUT2D eigenvalue weighted by Crippen LogP contribution is -2.29. The van der Waals surface area contributed by atoms with Crippen LogP contribution in [-0.4, -0.2) is 23.9 Å². The highest BCUT2D eigenvalue weighted by molar-refractivity contribution is 7.10. The Labute approximate surface area is 123 Å². The van der Waals surface area contributed by atoms with Crippen molar-refractivity contribution in [1.82, 2.24) is 10.2 Å². The van der Waals surface area contributed by atoms with Gasteiger partial charge < -0.3 is 4.90 Å². The Morgan fingerprint density at radius 1 is 1.20 bits per heavy atom. The van der Waals surface area contributed by atoms with Gasteiger partial charge in [0.2, 0.25) is 5.91 Å². The van der Waals surface area contributed by atoms with Crippen molar-refractivity contribution in [3.63, 3.8) is 0 Å². The maximum Gasteiger partial charge on any atom is 0.241 e. The lowest BCUT2D eigenvalue weighted by atomic mass is 10.1. The van der Waals surface area contributed by atoms with Gasteiger partial charge >= 0.3 is 0 Å². The van der Waals surface area contributed by atoms with Crippen LogP contribution in [0.4, 0.5) is 0 Å². The van der Waals surface area contributed by atoms with Crippen molar-refractivity contribution in [2.75, 3.05) is 7.05 Å². The topological polar surface area (TPSA) is 32.3 Å². The summed E-state index contributed by atoms with van der Waals surface area (Å²) in [5.74, 6) is 0.194. The van der Waals surface area contributed by atoms with Crippen LogP contribution in [0.25, 0.3) is 0 Å². The minimum Gasteiger partial charge on any atom is -0.324 e. The molecular formula is C16H18N2OS. The summed E-state index contributed by atoms with van der Waals surface area (Å²) in [6.45, 7) is 0. The Balaban J connectivity index is 1.65. The highest BCUT2D eigenvalue weighted by Crippen LogP contribution is 2.28. The molecule has 3 rings (SSSR count). The fourth-order valence-electron chi connectivity index (χ4n) is 2.63. The Morgan fingerprint density at radius 2 is 2.00 bits per heavy atom. The first-order valence-corrected chi connectivity index (χ1v) is 7.74. The van der Waals surface area contributed by atoms with Crippen molar-refractivity contribution in [3.05, 3.63) is 58.3 Å². The number of aryl methyl sites for hydroxylation is 1. The molecule has 1 saturated heterocycles. The zero-order valence-corrected chi connectivity index (χ0v) is 12.3. The van der Waals surface area contributed by atoms with Crippen molar-refractivity contribution in [2.45, 2.75) is 25.0 Å². The zero-order valence-electron chi connectivity index (χ0n) is 11.5. The Kier molecular flexibility index (Phi) is 3.85. The summed E-state index contributed by atoms with van der Waals surface area (Å²) in [5, 5.41) is 5.50. The fourth-order valence-corrected chi connectivity index (χ4v) is 3.46. The molecule has 1 aromatic carbocycles. The van der Waals surface area contributed by atoms with E-state index >= 15 is 0 Å². The predicted octanol–water partition coefficient (Wildman–Crippen LogP) is 2.81. The standard InChI is InChI=1S/C16H18N2OS/c1-18-15(14-8-5-11-20-14)17-13(16(18)19)10-9-12-6-3-2-4-7-12/h2-8,11,13,15,17H,9-10H2,1H3. The van der Waals surface area contributed by atoms with E-state index in [1.54, 1.807) is 11.3 Å². The number of likely N-dealkylation sites (N-methyl/N-ethyl adjacent to an activating group) is 1. The third-order valence-corrected chi connectivity index (χ3v) is 4.69. The minimum absolute atomic E-state index is 0.0308. The quantitative estimate of drug-likeness (QED) is 0.937. The number of nitrogens with zero attached hydrogens (tertiary/aromatic N) is 1. The van der Waals surface area contributed by atoms with Crippen LogP contribution in [0.1, 0.15) is 23.0 Å². The fraction of sp³-hybridized carbons (Fsp3) is 0.312. The number of hydrogen-bond acceptors (Lipinski definition) is 3. The van der Waals surface area contributed by atoms with E-state index < -0.39 is 0 Å².